The Kier molecular flexibility index (Phi) is 4.19. The molecule has 112 valence electrons. The summed E-state index contributed by atoms with van der Waals surface area (Å²) in [5.41, 5.74) is 1.62. The van der Waals surface area contributed by atoms with Gasteiger partial charge in [0.2, 0.25) is 5.91 Å². The first kappa shape index (κ1) is 14.3. The number of benzene rings is 1. The monoisotopic (exact) mass is 315 g/mol. The molecule has 1 amide bonds. The fourth-order valence-electron chi connectivity index (χ4n) is 1.92. The quantitative estimate of drug-likeness (QED) is 0.482. The number of carbonyl (C=O) groups is 1. The van der Waals surface area contributed by atoms with Crippen LogP contribution in [0.3, 0.4) is 0 Å². The lowest BCUT2D eigenvalue weighted by Crippen LogP contribution is -2.24. The maximum atomic E-state index is 11.9. The third-order valence-electron chi connectivity index (χ3n) is 2.95. The van der Waals surface area contributed by atoms with E-state index in [1.54, 1.807) is 0 Å². The Morgan fingerprint density at radius 3 is 2.91 bits per heavy atom. The van der Waals surface area contributed by atoms with E-state index in [1.165, 1.54) is 18.1 Å². The summed E-state index contributed by atoms with van der Waals surface area (Å²) in [5, 5.41) is 3.29. The Balaban J connectivity index is 1.60. The first-order valence-corrected chi connectivity index (χ1v) is 7.58. The summed E-state index contributed by atoms with van der Waals surface area (Å²) in [7, 11) is 0. The number of aromatic amines is 2. The molecule has 0 aliphatic carbocycles. The van der Waals surface area contributed by atoms with Crippen LogP contribution in [0.4, 0.5) is 0 Å². The van der Waals surface area contributed by atoms with Crippen molar-refractivity contribution >= 4 is 28.8 Å². The zero-order valence-corrected chi connectivity index (χ0v) is 12.3. The standard InChI is InChI=1S/C14H13N5O2S/c20-10(15-6-9-4-2-1-3-5-9)7-22-13-11-12(17-8-16-11)18-14(21)19-13/h1-5,8H,6-7H2,(H,15,20)(H2,16,17,18,19,21). The van der Waals surface area contributed by atoms with E-state index in [9.17, 15) is 9.59 Å². The van der Waals surface area contributed by atoms with Crippen LogP contribution in [0.1, 0.15) is 5.56 Å². The number of fused-ring (bicyclic) bond motifs is 1. The molecule has 0 atom stereocenters. The van der Waals surface area contributed by atoms with Crippen LogP contribution < -0.4 is 11.0 Å². The third-order valence-corrected chi connectivity index (χ3v) is 3.93. The van der Waals surface area contributed by atoms with Crippen molar-refractivity contribution < 1.29 is 4.79 Å². The van der Waals surface area contributed by atoms with Crippen molar-refractivity contribution in [3.63, 3.8) is 0 Å². The van der Waals surface area contributed by atoms with Gasteiger partial charge in [-0.2, -0.15) is 4.98 Å². The van der Waals surface area contributed by atoms with Crippen molar-refractivity contribution in [3.05, 3.63) is 52.7 Å². The van der Waals surface area contributed by atoms with Gasteiger partial charge in [0.05, 0.1) is 12.1 Å². The summed E-state index contributed by atoms with van der Waals surface area (Å²) >= 11 is 1.20. The summed E-state index contributed by atoms with van der Waals surface area (Å²) in [6.07, 6.45) is 1.47. The minimum absolute atomic E-state index is 0.122. The number of aromatic nitrogens is 4. The Morgan fingerprint density at radius 2 is 2.09 bits per heavy atom. The molecule has 3 aromatic rings. The van der Waals surface area contributed by atoms with Gasteiger partial charge < -0.3 is 10.3 Å². The Labute approximate surface area is 129 Å². The maximum absolute atomic E-state index is 11.9. The van der Waals surface area contributed by atoms with Crippen LogP contribution in [0.15, 0.2) is 46.5 Å². The van der Waals surface area contributed by atoms with Crippen molar-refractivity contribution in [2.45, 2.75) is 11.6 Å². The molecule has 0 bridgehead atoms. The van der Waals surface area contributed by atoms with Gasteiger partial charge in [-0.25, -0.2) is 9.78 Å². The summed E-state index contributed by atoms with van der Waals surface area (Å²) in [5.74, 6) is 0.0563. The summed E-state index contributed by atoms with van der Waals surface area (Å²) in [6, 6.07) is 9.66. The van der Waals surface area contributed by atoms with Gasteiger partial charge in [0, 0.05) is 6.54 Å². The van der Waals surface area contributed by atoms with Gasteiger partial charge in [-0.15, -0.1) is 0 Å². The second kappa shape index (κ2) is 6.44. The summed E-state index contributed by atoms with van der Waals surface area (Å²) in [6.45, 7) is 0.475. The molecule has 22 heavy (non-hydrogen) atoms. The number of amides is 1. The Bertz CT molecular complexity index is 843. The van der Waals surface area contributed by atoms with E-state index < -0.39 is 5.69 Å². The molecule has 2 aromatic heterocycles. The Morgan fingerprint density at radius 1 is 1.27 bits per heavy atom. The molecule has 8 heteroatoms. The van der Waals surface area contributed by atoms with Crippen LogP contribution in [-0.4, -0.2) is 31.6 Å². The number of hydrogen-bond acceptors (Lipinski definition) is 5. The molecule has 3 rings (SSSR count). The highest BCUT2D eigenvalue weighted by molar-refractivity contribution is 8.00. The normalized spacial score (nSPS) is 10.7. The van der Waals surface area contributed by atoms with Crippen LogP contribution in [0.25, 0.3) is 11.2 Å². The van der Waals surface area contributed by atoms with Gasteiger partial charge in [-0.3, -0.25) is 9.78 Å². The van der Waals surface area contributed by atoms with E-state index in [0.717, 1.165) is 5.56 Å². The van der Waals surface area contributed by atoms with E-state index in [-0.39, 0.29) is 11.7 Å². The highest BCUT2D eigenvalue weighted by Crippen LogP contribution is 2.20. The smallest absolute Gasteiger partial charge is 0.347 e. The van der Waals surface area contributed by atoms with Crippen LogP contribution in [0.5, 0.6) is 0 Å². The van der Waals surface area contributed by atoms with E-state index in [0.29, 0.717) is 22.7 Å². The second-order valence-corrected chi connectivity index (χ2v) is 5.49. The molecule has 2 heterocycles. The number of rotatable bonds is 5. The topological polar surface area (TPSA) is 104 Å². The fraction of sp³-hybridized carbons (Fsp3) is 0.143. The van der Waals surface area contributed by atoms with Crippen LogP contribution >= 0.6 is 11.8 Å². The molecule has 7 nitrogen and oxygen atoms in total. The highest BCUT2D eigenvalue weighted by Gasteiger charge is 2.10. The van der Waals surface area contributed by atoms with Crippen molar-refractivity contribution in [2.75, 3.05) is 5.75 Å². The number of thioether (sulfide) groups is 1. The molecule has 0 aliphatic rings. The number of nitrogens with one attached hydrogen (secondary N) is 3. The highest BCUT2D eigenvalue weighted by atomic mass is 32.2. The first-order chi connectivity index (χ1) is 10.7. The van der Waals surface area contributed by atoms with Gasteiger partial charge in [0.1, 0.15) is 10.5 Å². The molecule has 0 fully saturated rings. The molecular formula is C14H13N5O2S. The van der Waals surface area contributed by atoms with Gasteiger partial charge in [-0.05, 0) is 5.56 Å². The molecule has 0 aliphatic heterocycles. The number of nitrogens with zero attached hydrogens (tertiary/aromatic N) is 2. The van der Waals surface area contributed by atoms with Crippen molar-refractivity contribution in [2.24, 2.45) is 0 Å². The summed E-state index contributed by atoms with van der Waals surface area (Å²) < 4.78 is 0. The van der Waals surface area contributed by atoms with E-state index >= 15 is 0 Å². The minimum atomic E-state index is -0.480. The van der Waals surface area contributed by atoms with E-state index in [2.05, 4.69) is 25.3 Å². The number of H-pyrrole nitrogens is 2. The second-order valence-electron chi connectivity index (χ2n) is 4.52. The number of carbonyl (C=O) groups excluding carboxylic acids is 1. The average Bonchev–Trinajstić information content (AvgIpc) is 3.00. The van der Waals surface area contributed by atoms with Crippen LogP contribution in [0.2, 0.25) is 0 Å². The molecular weight excluding hydrogens is 302 g/mol. The molecule has 0 unspecified atom stereocenters. The lowest BCUT2D eigenvalue weighted by Gasteiger charge is -2.05. The lowest BCUT2D eigenvalue weighted by molar-refractivity contribution is -0.118. The molecule has 3 N–H and O–H groups in total. The van der Waals surface area contributed by atoms with Gasteiger partial charge in [-0.1, -0.05) is 42.1 Å². The zero-order valence-electron chi connectivity index (χ0n) is 11.5. The van der Waals surface area contributed by atoms with Gasteiger partial charge >= 0.3 is 5.69 Å². The summed E-state index contributed by atoms with van der Waals surface area (Å²) in [4.78, 5) is 36.6. The predicted octanol–water partition coefficient (Wildman–Crippen LogP) is 1.05. The SMILES string of the molecule is O=C(CSc1nc(=O)[nH]c2nc[nH]c12)NCc1ccccc1. The van der Waals surface area contributed by atoms with E-state index in [1.807, 2.05) is 30.3 Å². The first-order valence-electron chi connectivity index (χ1n) is 6.59. The Hall–Kier alpha value is -2.61. The third kappa shape index (κ3) is 3.34. The van der Waals surface area contributed by atoms with Crippen molar-refractivity contribution in [1.82, 2.24) is 25.3 Å². The molecule has 0 saturated carbocycles. The van der Waals surface area contributed by atoms with Crippen LogP contribution in [0, 0.1) is 0 Å². The fourth-order valence-corrected chi connectivity index (χ4v) is 2.73. The van der Waals surface area contributed by atoms with Crippen LogP contribution in [-0.2, 0) is 11.3 Å². The molecule has 0 radical (unpaired) electrons. The maximum Gasteiger partial charge on any atom is 0.347 e. The van der Waals surface area contributed by atoms with Gasteiger partial charge in [0.25, 0.3) is 0 Å². The minimum Gasteiger partial charge on any atom is -0.351 e. The average molecular weight is 315 g/mol. The molecule has 0 saturated heterocycles. The molecule has 0 spiro atoms. The van der Waals surface area contributed by atoms with Crippen molar-refractivity contribution in [3.8, 4) is 0 Å². The zero-order chi connectivity index (χ0) is 15.4. The van der Waals surface area contributed by atoms with Crippen molar-refractivity contribution in [1.29, 1.82) is 0 Å². The predicted molar refractivity (Wildman–Crippen MR) is 83.5 cm³/mol. The lowest BCUT2D eigenvalue weighted by atomic mass is 10.2. The largest absolute Gasteiger partial charge is 0.351 e. The van der Waals surface area contributed by atoms with E-state index in [4.69, 9.17) is 0 Å². The number of hydrogen-bond donors (Lipinski definition) is 3. The van der Waals surface area contributed by atoms with Gasteiger partial charge in [0.15, 0.2) is 5.65 Å². The number of imidazole rings is 1. The molecule has 1 aromatic carbocycles.